The van der Waals surface area contributed by atoms with Gasteiger partial charge in [-0.25, -0.2) is 0 Å². The molecule has 1 atom stereocenters. The molecule has 0 radical (unpaired) electrons. The van der Waals surface area contributed by atoms with Crippen LogP contribution in [0.4, 0.5) is 0 Å². The summed E-state index contributed by atoms with van der Waals surface area (Å²) in [7, 11) is 0. The number of nitrogens with zero attached hydrogens (tertiary/aromatic N) is 4. The van der Waals surface area contributed by atoms with Crippen LogP contribution in [-0.2, 0) is 5.60 Å². The van der Waals surface area contributed by atoms with Crippen molar-refractivity contribution in [3.05, 3.63) is 128 Å². The summed E-state index contributed by atoms with van der Waals surface area (Å²) in [6.45, 7) is 1.80. The molecule has 2 aromatic carbocycles. The molecule has 8 rings (SSSR count). The molecule has 0 saturated carbocycles. The van der Waals surface area contributed by atoms with E-state index in [1.54, 1.807) is 44.1 Å². The van der Waals surface area contributed by atoms with Crippen LogP contribution in [0.15, 0.2) is 97.8 Å². The fourth-order valence-electron chi connectivity index (χ4n) is 5.49. The van der Waals surface area contributed by atoms with Gasteiger partial charge in [0, 0.05) is 75.8 Å². The quantitative estimate of drug-likeness (QED) is 0.213. The van der Waals surface area contributed by atoms with E-state index in [2.05, 4.69) is 19.9 Å². The maximum atomic E-state index is 12.3. The first kappa shape index (κ1) is 29.4. The van der Waals surface area contributed by atoms with Gasteiger partial charge in [-0.3, -0.25) is 24.7 Å². The molecule has 4 heterocycles. The minimum atomic E-state index is -1.02. The molecule has 1 unspecified atom stereocenters. The first-order valence-electron chi connectivity index (χ1n) is 12.0. The molecule has 4 aromatic heterocycles. The van der Waals surface area contributed by atoms with Crippen molar-refractivity contribution in [1.29, 1.82) is 0 Å². The summed E-state index contributed by atoms with van der Waals surface area (Å²) in [6.07, 6.45) is 10.3. The van der Waals surface area contributed by atoms with Gasteiger partial charge in [0.2, 0.25) is 0 Å². The van der Waals surface area contributed by atoms with Crippen molar-refractivity contribution in [2.45, 2.75) is 12.5 Å². The van der Waals surface area contributed by atoms with Crippen LogP contribution in [0.3, 0.4) is 0 Å². The van der Waals surface area contributed by atoms with Crippen molar-refractivity contribution in [1.82, 2.24) is 19.9 Å². The van der Waals surface area contributed by atoms with Gasteiger partial charge in [-0.05, 0) is 47.9 Å². The van der Waals surface area contributed by atoms with E-state index in [4.69, 9.17) is 0 Å². The van der Waals surface area contributed by atoms with Crippen LogP contribution in [0.25, 0.3) is 44.1 Å². The Bertz CT molecular complexity index is 1910. The van der Waals surface area contributed by atoms with Crippen molar-refractivity contribution in [2.24, 2.45) is 0 Å². The van der Waals surface area contributed by atoms with Crippen molar-refractivity contribution >= 4 is 50.6 Å². The number of benzene rings is 2. The summed E-state index contributed by atoms with van der Waals surface area (Å²) in [5.41, 5.74) is 7.97. The molecule has 2 aliphatic rings. The maximum Gasteiger partial charge on any atom is 2.00 e. The zero-order valence-corrected chi connectivity index (χ0v) is 25.0. The van der Waals surface area contributed by atoms with Crippen LogP contribution in [0, 0.1) is 7.43 Å². The summed E-state index contributed by atoms with van der Waals surface area (Å²) < 4.78 is 0. The molecule has 0 saturated heterocycles. The van der Waals surface area contributed by atoms with Gasteiger partial charge in [-0.1, -0.05) is 36.4 Å². The normalized spacial score (nSPS) is 15.3. The molecule has 1 N–H and O–H groups in total. The third kappa shape index (κ3) is 4.32. The molecular weight excluding hydrogens is 577 g/mol. The number of para-hydroxylation sites is 2. The number of pyridine rings is 4. The second-order valence-corrected chi connectivity index (χ2v) is 9.37. The number of aliphatic hydroxyl groups is 1. The second kappa shape index (κ2) is 11.1. The zero-order valence-electron chi connectivity index (χ0n) is 22.0. The smallest absolute Gasteiger partial charge is 1.00 e. The molecule has 0 bridgehead atoms. The Morgan fingerprint density at radius 3 is 1.93 bits per heavy atom. The van der Waals surface area contributed by atoms with Crippen molar-refractivity contribution in [2.75, 3.05) is 0 Å². The number of aromatic nitrogens is 4. The third-order valence-electron chi connectivity index (χ3n) is 7.27. The minimum absolute atomic E-state index is 0. The third-order valence-corrected chi connectivity index (χ3v) is 7.27. The predicted octanol–water partition coefficient (Wildman–Crippen LogP) is 2.78. The minimum Gasteiger partial charge on any atom is -1.00 e. The molecule has 0 aliphatic heterocycles. The summed E-state index contributed by atoms with van der Waals surface area (Å²) in [5, 5.41) is 12.9. The van der Waals surface area contributed by atoms with E-state index < -0.39 is 5.60 Å². The molecule has 0 spiro atoms. The summed E-state index contributed by atoms with van der Waals surface area (Å²) in [5.74, 6) is 0.0198. The Morgan fingerprint density at radius 2 is 1.23 bits per heavy atom. The van der Waals surface area contributed by atoms with E-state index in [0.29, 0.717) is 11.1 Å². The van der Waals surface area contributed by atoms with E-state index in [1.807, 2.05) is 60.7 Å². The van der Waals surface area contributed by atoms with Crippen LogP contribution >= 0.6 is 0 Å². The fourth-order valence-corrected chi connectivity index (χ4v) is 5.49. The number of ketones is 1. The Kier molecular flexibility index (Phi) is 8.19. The largest absolute Gasteiger partial charge is 2.00 e. The van der Waals surface area contributed by atoms with Gasteiger partial charge in [0.25, 0.3) is 0 Å². The number of hydrogen-bond acceptors (Lipinski definition) is 6. The zero-order chi connectivity index (χ0) is 25.1. The summed E-state index contributed by atoms with van der Waals surface area (Å²) in [6, 6.07) is 19.7. The topological polar surface area (TPSA) is 88.9 Å². The number of hydrogen-bond donors (Lipinski definition) is 1. The van der Waals surface area contributed by atoms with E-state index >= 15 is 0 Å². The van der Waals surface area contributed by atoms with E-state index in [-0.39, 0.29) is 53.2 Å². The molecule has 0 amide bonds. The Balaban J connectivity index is 0.000000172. The van der Waals surface area contributed by atoms with Crippen molar-refractivity contribution < 1.29 is 26.9 Å². The Morgan fingerprint density at radius 1 is 0.650 bits per heavy atom. The molecule has 8 heteroatoms. The number of carbonyl (C=O) groups excluding carboxylic acids is 1. The van der Waals surface area contributed by atoms with E-state index in [9.17, 15) is 9.90 Å². The molecule has 6 nitrogen and oxygen atoms in total. The monoisotopic (exact) mass is 598 g/mol. The standard InChI is InChI=1S/C16H12N2O.C15H8N2O.CH3.BrH.Mg/c1-16(19)12-8-17-7-6-10(12)15-11-4-2-3-5-14(11)18-9-13(15)16;18-15-11-7-16-6-5-9(11)14-10-3-1-2-4-13(10)17-8-12(14)15;;;/h2-9,19H,1H3;1-8H;1H3;1H;/q;;-1;;+2/p-1. The second-order valence-electron chi connectivity index (χ2n) is 9.37. The molecule has 2 aliphatic carbocycles. The van der Waals surface area contributed by atoms with Crippen molar-refractivity contribution in [3.63, 3.8) is 0 Å². The van der Waals surface area contributed by atoms with Gasteiger partial charge in [0.05, 0.1) is 11.0 Å². The van der Waals surface area contributed by atoms with Crippen LogP contribution < -0.4 is 17.0 Å². The Hall–Kier alpha value is -3.56. The number of halogens is 1. The van der Waals surface area contributed by atoms with E-state index in [1.165, 1.54) is 0 Å². The number of rotatable bonds is 0. The molecule has 192 valence electrons. The predicted molar refractivity (Wildman–Crippen MR) is 154 cm³/mol. The Labute approximate surface area is 258 Å². The molecular formula is C32H23BrMgN4O2. The molecule has 6 aromatic rings. The molecule has 0 fully saturated rings. The van der Waals surface area contributed by atoms with Gasteiger partial charge in [0.15, 0.2) is 5.78 Å². The van der Waals surface area contributed by atoms with Gasteiger partial charge in [-0.15, -0.1) is 0 Å². The average Bonchev–Trinajstić information content (AvgIpc) is 3.37. The van der Waals surface area contributed by atoms with Crippen LogP contribution in [0.5, 0.6) is 0 Å². The maximum absolute atomic E-state index is 12.3. The van der Waals surface area contributed by atoms with Crippen LogP contribution in [0.1, 0.15) is 34.0 Å². The average molecular weight is 600 g/mol. The molecule has 40 heavy (non-hydrogen) atoms. The van der Waals surface area contributed by atoms with Gasteiger partial charge < -0.3 is 29.5 Å². The number of fused-ring (bicyclic) bond motifs is 10. The summed E-state index contributed by atoms with van der Waals surface area (Å²) >= 11 is 0. The number of carbonyl (C=O) groups is 1. The van der Waals surface area contributed by atoms with Gasteiger partial charge in [-0.2, -0.15) is 0 Å². The first-order chi connectivity index (χ1) is 18.1. The van der Waals surface area contributed by atoms with Gasteiger partial charge in [0.1, 0.15) is 5.60 Å². The SMILES string of the molecule is CC1(O)c2cnccc2-c2c1cnc1ccccc21.O=C1c2cnccc2-c2c1cnc1ccccc21.[Br-].[CH3-].[Mg+2]. The fraction of sp³-hybridized carbons (Fsp3) is 0.0625. The summed E-state index contributed by atoms with van der Waals surface area (Å²) in [4.78, 5) is 29.2. The van der Waals surface area contributed by atoms with Gasteiger partial charge >= 0.3 is 23.1 Å². The van der Waals surface area contributed by atoms with Crippen molar-refractivity contribution in [3.8, 4) is 22.3 Å². The van der Waals surface area contributed by atoms with E-state index in [0.717, 1.165) is 55.2 Å². The first-order valence-corrected chi connectivity index (χ1v) is 12.0. The van der Waals surface area contributed by atoms with Crippen LogP contribution in [-0.4, -0.2) is 53.9 Å². The van der Waals surface area contributed by atoms with Crippen LogP contribution in [0.2, 0.25) is 0 Å².